The monoisotopic (exact) mass is 453 g/mol. The van der Waals surface area contributed by atoms with Crippen LogP contribution in [-0.4, -0.2) is 52.9 Å². The largest absolute Gasteiger partial charge is 0.340 e. The van der Waals surface area contributed by atoms with Crippen LogP contribution in [0.2, 0.25) is 0 Å². The summed E-state index contributed by atoms with van der Waals surface area (Å²) in [6.45, 7) is 3.87. The minimum absolute atomic E-state index is 0.150. The van der Waals surface area contributed by atoms with Gasteiger partial charge < -0.3 is 15.1 Å². The lowest BCUT2D eigenvalue weighted by Gasteiger charge is -2.24. The van der Waals surface area contributed by atoms with Gasteiger partial charge in [0.25, 0.3) is 0 Å². The molecule has 0 radical (unpaired) electrons. The van der Waals surface area contributed by atoms with Crippen molar-refractivity contribution in [3.63, 3.8) is 0 Å². The van der Waals surface area contributed by atoms with Gasteiger partial charge in [-0.2, -0.15) is 0 Å². The van der Waals surface area contributed by atoms with Gasteiger partial charge in [-0.05, 0) is 67.5 Å². The molecular formula is C28H31N5O. The summed E-state index contributed by atoms with van der Waals surface area (Å²) in [5.74, 6) is 0.925. The van der Waals surface area contributed by atoms with Gasteiger partial charge in [0.1, 0.15) is 12.1 Å². The molecule has 6 heteroatoms. The molecule has 34 heavy (non-hydrogen) atoms. The average molecular weight is 454 g/mol. The molecule has 1 heterocycles. The lowest BCUT2D eigenvalue weighted by molar-refractivity contribution is -0.132. The van der Waals surface area contributed by atoms with Crippen LogP contribution in [0.4, 0.5) is 11.5 Å². The highest BCUT2D eigenvalue weighted by atomic mass is 16.2. The predicted molar refractivity (Wildman–Crippen MR) is 139 cm³/mol. The van der Waals surface area contributed by atoms with E-state index in [1.165, 1.54) is 0 Å². The number of aromatic nitrogens is 2. The van der Waals surface area contributed by atoms with E-state index in [4.69, 9.17) is 0 Å². The molecule has 0 saturated heterocycles. The van der Waals surface area contributed by atoms with E-state index in [-0.39, 0.29) is 5.91 Å². The number of nitrogens with one attached hydrogen (secondary N) is 1. The first-order chi connectivity index (χ1) is 16.5. The Morgan fingerprint density at radius 1 is 0.912 bits per heavy atom. The van der Waals surface area contributed by atoms with Gasteiger partial charge >= 0.3 is 0 Å². The molecule has 3 aromatic carbocycles. The number of para-hydroxylation sites is 1. The number of likely N-dealkylation sites (N-methyl/N-ethyl adjacent to an activating group) is 1. The van der Waals surface area contributed by atoms with Crippen LogP contribution in [0.15, 0.2) is 79.1 Å². The number of hydrogen-bond acceptors (Lipinski definition) is 5. The zero-order valence-corrected chi connectivity index (χ0v) is 20.0. The first-order valence-corrected chi connectivity index (χ1v) is 11.6. The fourth-order valence-corrected chi connectivity index (χ4v) is 4.00. The van der Waals surface area contributed by atoms with Crippen molar-refractivity contribution in [3.05, 3.63) is 84.7 Å². The van der Waals surface area contributed by atoms with Crippen molar-refractivity contribution in [2.45, 2.75) is 19.9 Å². The minimum Gasteiger partial charge on any atom is -0.340 e. The first-order valence-electron chi connectivity index (χ1n) is 11.6. The highest BCUT2D eigenvalue weighted by Gasteiger charge is 2.14. The molecule has 4 aromatic rings. The highest BCUT2D eigenvalue weighted by molar-refractivity contribution is 5.93. The fraction of sp³-hybridized carbons (Fsp3) is 0.250. The standard InChI is InChI=1S/C28H31N5O/c1-4-15-33(27(34)19-32(2)3)18-21-9-8-10-22(16-21)23-13-14-26-25(17-23)28(30-20-29-26)31-24-11-6-5-7-12-24/h5-14,16-17,20H,4,15,18-19H2,1-3H3,(H,29,30,31). The number of carbonyl (C=O) groups is 1. The maximum Gasteiger partial charge on any atom is 0.237 e. The van der Waals surface area contributed by atoms with Crippen LogP contribution in [0.5, 0.6) is 0 Å². The highest BCUT2D eigenvalue weighted by Crippen LogP contribution is 2.29. The third-order valence-corrected chi connectivity index (χ3v) is 5.60. The van der Waals surface area contributed by atoms with Crippen molar-refractivity contribution in [3.8, 4) is 11.1 Å². The second-order valence-corrected chi connectivity index (χ2v) is 8.70. The Morgan fingerprint density at radius 2 is 1.71 bits per heavy atom. The molecule has 0 aliphatic heterocycles. The van der Waals surface area contributed by atoms with Crippen molar-refractivity contribution in [1.82, 2.24) is 19.8 Å². The zero-order chi connectivity index (χ0) is 23.9. The Bertz CT molecular complexity index is 1260. The molecule has 0 unspecified atom stereocenters. The van der Waals surface area contributed by atoms with Crippen molar-refractivity contribution in [1.29, 1.82) is 0 Å². The molecule has 0 fully saturated rings. The third-order valence-electron chi connectivity index (χ3n) is 5.60. The Labute approximate surface area is 201 Å². The third kappa shape index (κ3) is 5.77. The number of nitrogens with zero attached hydrogens (tertiary/aromatic N) is 4. The van der Waals surface area contributed by atoms with E-state index in [1.807, 2.05) is 60.3 Å². The number of hydrogen-bond donors (Lipinski definition) is 1. The summed E-state index contributed by atoms with van der Waals surface area (Å²) in [6.07, 6.45) is 2.52. The summed E-state index contributed by atoms with van der Waals surface area (Å²) < 4.78 is 0. The van der Waals surface area contributed by atoms with Crippen molar-refractivity contribution >= 4 is 28.3 Å². The van der Waals surface area contributed by atoms with E-state index in [9.17, 15) is 4.79 Å². The van der Waals surface area contributed by atoms with E-state index in [2.05, 4.69) is 58.6 Å². The maximum absolute atomic E-state index is 12.7. The molecule has 6 nitrogen and oxygen atoms in total. The average Bonchev–Trinajstić information content (AvgIpc) is 2.84. The van der Waals surface area contributed by atoms with Crippen LogP contribution in [-0.2, 0) is 11.3 Å². The second kappa shape index (κ2) is 10.9. The molecule has 1 aromatic heterocycles. The van der Waals surface area contributed by atoms with Gasteiger partial charge in [-0.25, -0.2) is 9.97 Å². The Morgan fingerprint density at radius 3 is 2.47 bits per heavy atom. The van der Waals surface area contributed by atoms with E-state index in [0.29, 0.717) is 13.1 Å². The maximum atomic E-state index is 12.7. The van der Waals surface area contributed by atoms with Crippen molar-refractivity contribution in [2.75, 3.05) is 32.5 Å². The molecule has 0 saturated carbocycles. The SMILES string of the molecule is CCCN(Cc1cccc(-c2ccc3ncnc(Nc4ccccc4)c3c2)c1)C(=O)CN(C)C. The minimum atomic E-state index is 0.150. The van der Waals surface area contributed by atoms with Crippen LogP contribution in [0.1, 0.15) is 18.9 Å². The molecular weight excluding hydrogens is 422 g/mol. The van der Waals surface area contributed by atoms with Gasteiger partial charge in [0.15, 0.2) is 0 Å². The van der Waals surface area contributed by atoms with Gasteiger partial charge in [0, 0.05) is 24.2 Å². The lowest BCUT2D eigenvalue weighted by Crippen LogP contribution is -2.37. The quantitative estimate of drug-likeness (QED) is 0.371. The molecule has 0 aliphatic carbocycles. The van der Waals surface area contributed by atoms with Crippen LogP contribution < -0.4 is 5.32 Å². The van der Waals surface area contributed by atoms with Crippen molar-refractivity contribution in [2.24, 2.45) is 0 Å². The zero-order valence-electron chi connectivity index (χ0n) is 20.0. The molecule has 0 aliphatic rings. The van der Waals surface area contributed by atoms with Gasteiger partial charge in [0.2, 0.25) is 5.91 Å². The molecule has 0 spiro atoms. The van der Waals surface area contributed by atoms with Crippen LogP contribution in [0, 0.1) is 0 Å². The fourth-order valence-electron chi connectivity index (χ4n) is 4.00. The summed E-state index contributed by atoms with van der Waals surface area (Å²) in [7, 11) is 3.85. The van der Waals surface area contributed by atoms with Gasteiger partial charge in [-0.1, -0.05) is 49.4 Å². The van der Waals surface area contributed by atoms with Crippen molar-refractivity contribution < 1.29 is 4.79 Å². The van der Waals surface area contributed by atoms with E-state index in [1.54, 1.807) is 6.33 Å². The predicted octanol–water partition coefficient (Wildman–Crippen LogP) is 5.34. The van der Waals surface area contributed by atoms with Gasteiger partial charge in [-0.15, -0.1) is 0 Å². The molecule has 0 atom stereocenters. The number of benzene rings is 3. The summed E-state index contributed by atoms with van der Waals surface area (Å²) in [4.78, 5) is 25.5. The Balaban J connectivity index is 1.62. The van der Waals surface area contributed by atoms with Crippen LogP contribution in [0.25, 0.3) is 22.0 Å². The number of rotatable bonds is 9. The number of carbonyl (C=O) groups excluding carboxylic acids is 1. The summed E-state index contributed by atoms with van der Waals surface area (Å²) in [6, 6.07) is 24.7. The lowest BCUT2D eigenvalue weighted by atomic mass is 10.0. The van der Waals surface area contributed by atoms with Crippen LogP contribution in [0.3, 0.4) is 0 Å². The summed E-state index contributed by atoms with van der Waals surface area (Å²) >= 11 is 0. The number of amides is 1. The molecule has 1 N–H and O–H groups in total. The number of anilines is 2. The Hall–Kier alpha value is -3.77. The first kappa shape index (κ1) is 23.4. The smallest absolute Gasteiger partial charge is 0.237 e. The molecule has 4 rings (SSSR count). The summed E-state index contributed by atoms with van der Waals surface area (Å²) in [5, 5.41) is 4.37. The topological polar surface area (TPSA) is 61.4 Å². The van der Waals surface area contributed by atoms with Gasteiger partial charge in [-0.3, -0.25) is 4.79 Å². The normalized spacial score (nSPS) is 11.1. The molecule has 174 valence electrons. The van der Waals surface area contributed by atoms with Gasteiger partial charge in [0.05, 0.1) is 12.1 Å². The van der Waals surface area contributed by atoms with E-state index >= 15 is 0 Å². The second-order valence-electron chi connectivity index (χ2n) is 8.70. The van der Waals surface area contributed by atoms with Crippen LogP contribution >= 0.6 is 0 Å². The van der Waals surface area contributed by atoms with E-state index < -0.39 is 0 Å². The Kier molecular flexibility index (Phi) is 7.50. The number of fused-ring (bicyclic) bond motifs is 1. The summed E-state index contributed by atoms with van der Waals surface area (Å²) in [5.41, 5.74) is 5.17. The van der Waals surface area contributed by atoms with E-state index in [0.717, 1.165) is 52.1 Å². The molecule has 1 amide bonds. The molecule has 0 bridgehead atoms.